The van der Waals surface area contributed by atoms with Crippen LogP contribution in [0.1, 0.15) is 28.1 Å². The Bertz CT molecular complexity index is 946. The van der Waals surface area contributed by atoms with Crippen molar-refractivity contribution in [1.82, 2.24) is 9.97 Å². The van der Waals surface area contributed by atoms with Crippen LogP contribution in [0.3, 0.4) is 0 Å². The maximum atomic E-state index is 12.8. The number of hydrogen-bond donors (Lipinski definition) is 1. The molecular formula is C19H20N4O2S. The molecule has 4 rings (SSSR count). The first-order valence-corrected chi connectivity index (χ1v) is 9.43. The molecule has 0 saturated carbocycles. The Labute approximate surface area is 155 Å². The second-order valence-electron chi connectivity index (χ2n) is 6.31. The Morgan fingerprint density at radius 2 is 1.92 bits per heavy atom. The number of thiophene rings is 1. The van der Waals surface area contributed by atoms with Crippen molar-refractivity contribution < 1.29 is 9.53 Å². The molecule has 1 aliphatic rings. The molecule has 1 N–H and O–H groups in total. The third-order valence-corrected chi connectivity index (χ3v) is 5.87. The van der Waals surface area contributed by atoms with Gasteiger partial charge in [-0.05, 0) is 49.6 Å². The van der Waals surface area contributed by atoms with Gasteiger partial charge in [-0.25, -0.2) is 9.97 Å². The first-order chi connectivity index (χ1) is 12.7. The number of anilines is 2. The molecule has 7 heteroatoms. The topological polar surface area (TPSA) is 67.3 Å². The lowest BCUT2D eigenvalue weighted by molar-refractivity contribution is 0.103. The molecule has 0 radical (unpaired) electrons. The summed E-state index contributed by atoms with van der Waals surface area (Å²) in [7, 11) is 1.62. The molecule has 3 aromatic rings. The second kappa shape index (κ2) is 6.92. The van der Waals surface area contributed by atoms with Crippen LogP contribution in [-0.2, 0) is 0 Å². The van der Waals surface area contributed by atoms with Gasteiger partial charge in [0.05, 0.1) is 17.4 Å². The third kappa shape index (κ3) is 2.99. The van der Waals surface area contributed by atoms with Crippen LogP contribution >= 0.6 is 11.3 Å². The largest absolute Gasteiger partial charge is 0.497 e. The number of aromatic nitrogens is 2. The average molecular weight is 368 g/mol. The van der Waals surface area contributed by atoms with Crippen molar-refractivity contribution in [2.45, 2.75) is 19.8 Å². The Morgan fingerprint density at radius 1 is 1.19 bits per heavy atom. The Morgan fingerprint density at radius 3 is 2.62 bits per heavy atom. The monoisotopic (exact) mass is 368 g/mol. The van der Waals surface area contributed by atoms with E-state index in [9.17, 15) is 4.79 Å². The predicted octanol–water partition coefficient (Wildman–Crippen LogP) is 3.86. The summed E-state index contributed by atoms with van der Waals surface area (Å²) in [5.74, 6) is 1.58. The van der Waals surface area contributed by atoms with E-state index < -0.39 is 0 Å². The highest BCUT2D eigenvalue weighted by atomic mass is 32.1. The molecule has 0 aliphatic carbocycles. The maximum Gasteiger partial charge on any atom is 0.266 e. The highest BCUT2D eigenvalue weighted by molar-refractivity contribution is 7.20. The zero-order valence-electron chi connectivity index (χ0n) is 14.8. The normalized spacial score (nSPS) is 14.0. The first kappa shape index (κ1) is 16.8. The molecule has 0 atom stereocenters. The van der Waals surface area contributed by atoms with E-state index in [0.29, 0.717) is 4.88 Å². The highest BCUT2D eigenvalue weighted by Gasteiger charge is 2.23. The fourth-order valence-corrected chi connectivity index (χ4v) is 4.34. The number of ether oxygens (including phenoxy) is 1. The number of benzene rings is 1. The minimum Gasteiger partial charge on any atom is -0.497 e. The summed E-state index contributed by atoms with van der Waals surface area (Å²) in [4.78, 5) is 25.5. The number of carbonyl (C=O) groups excluding carboxylic acids is 1. The molecule has 0 unspecified atom stereocenters. The second-order valence-corrected chi connectivity index (χ2v) is 7.31. The minimum atomic E-state index is -0.122. The van der Waals surface area contributed by atoms with Crippen molar-refractivity contribution in [3.05, 3.63) is 41.0 Å². The lowest BCUT2D eigenvalue weighted by Gasteiger charge is -2.17. The Kier molecular flexibility index (Phi) is 4.46. The molecule has 3 heterocycles. The van der Waals surface area contributed by atoms with Gasteiger partial charge in [-0.2, -0.15) is 0 Å². The average Bonchev–Trinajstić information content (AvgIpc) is 3.31. The van der Waals surface area contributed by atoms with Crippen LogP contribution in [0.5, 0.6) is 5.75 Å². The van der Waals surface area contributed by atoms with E-state index in [1.807, 2.05) is 31.2 Å². The summed E-state index contributed by atoms with van der Waals surface area (Å²) in [5.41, 5.74) is 1.68. The number of fused-ring (bicyclic) bond motifs is 1. The zero-order chi connectivity index (χ0) is 18.1. The van der Waals surface area contributed by atoms with E-state index in [1.54, 1.807) is 13.4 Å². The molecule has 6 nitrogen and oxygen atoms in total. The number of methoxy groups -OCH3 is 1. The zero-order valence-corrected chi connectivity index (χ0v) is 15.6. The van der Waals surface area contributed by atoms with E-state index >= 15 is 0 Å². The van der Waals surface area contributed by atoms with Gasteiger partial charge in [0.25, 0.3) is 5.91 Å². The van der Waals surface area contributed by atoms with Crippen molar-refractivity contribution in [3.8, 4) is 5.75 Å². The maximum absolute atomic E-state index is 12.8. The summed E-state index contributed by atoms with van der Waals surface area (Å²) < 4.78 is 5.15. The van der Waals surface area contributed by atoms with Gasteiger partial charge in [0.2, 0.25) is 0 Å². The molecule has 0 bridgehead atoms. The van der Waals surface area contributed by atoms with Gasteiger partial charge in [0.1, 0.15) is 22.7 Å². The number of rotatable bonds is 4. The van der Waals surface area contributed by atoms with Gasteiger partial charge < -0.3 is 15.0 Å². The molecule has 1 aromatic carbocycles. The fourth-order valence-electron chi connectivity index (χ4n) is 3.30. The number of carbonyl (C=O) groups is 1. The summed E-state index contributed by atoms with van der Waals surface area (Å²) in [6, 6.07) is 7.30. The molecule has 0 spiro atoms. The number of nitrogens with zero attached hydrogens (tertiary/aromatic N) is 3. The highest BCUT2D eigenvalue weighted by Crippen LogP contribution is 2.36. The van der Waals surface area contributed by atoms with Crippen molar-refractivity contribution in [2.75, 3.05) is 30.4 Å². The number of hydrogen-bond acceptors (Lipinski definition) is 6. The van der Waals surface area contributed by atoms with E-state index in [0.717, 1.165) is 46.1 Å². The van der Waals surface area contributed by atoms with E-state index in [2.05, 4.69) is 20.2 Å². The SMILES string of the molecule is COc1ccc(NC(=O)c2sc3ncnc(N4CCCC4)c3c2C)cc1. The molecule has 1 fully saturated rings. The van der Waals surface area contributed by atoms with Crippen LogP contribution in [0, 0.1) is 6.92 Å². The van der Waals surface area contributed by atoms with Crippen LogP contribution in [0.2, 0.25) is 0 Å². The Hall–Kier alpha value is -2.67. The van der Waals surface area contributed by atoms with E-state index in [4.69, 9.17) is 4.74 Å². The lowest BCUT2D eigenvalue weighted by Crippen LogP contribution is -2.19. The molecule has 134 valence electrons. The van der Waals surface area contributed by atoms with E-state index in [-0.39, 0.29) is 5.91 Å². The van der Waals surface area contributed by atoms with Crippen molar-refractivity contribution in [1.29, 1.82) is 0 Å². The van der Waals surface area contributed by atoms with Crippen LogP contribution in [0.4, 0.5) is 11.5 Å². The van der Waals surface area contributed by atoms with Crippen LogP contribution in [0.25, 0.3) is 10.2 Å². The molecule has 1 saturated heterocycles. The number of nitrogens with one attached hydrogen (secondary N) is 1. The van der Waals surface area contributed by atoms with E-state index in [1.165, 1.54) is 24.2 Å². The quantitative estimate of drug-likeness (QED) is 0.757. The Balaban J connectivity index is 1.66. The van der Waals surface area contributed by atoms with Crippen LogP contribution < -0.4 is 15.0 Å². The molecule has 1 amide bonds. The van der Waals surface area contributed by atoms with Gasteiger partial charge in [-0.15, -0.1) is 11.3 Å². The summed E-state index contributed by atoms with van der Waals surface area (Å²) >= 11 is 1.42. The van der Waals surface area contributed by atoms with Gasteiger partial charge in [0.15, 0.2) is 0 Å². The van der Waals surface area contributed by atoms with Crippen molar-refractivity contribution in [3.63, 3.8) is 0 Å². The van der Waals surface area contributed by atoms with Gasteiger partial charge in [-0.3, -0.25) is 4.79 Å². The van der Waals surface area contributed by atoms with Gasteiger partial charge >= 0.3 is 0 Å². The van der Waals surface area contributed by atoms with Crippen LogP contribution in [-0.4, -0.2) is 36.1 Å². The van der Waals surface area contributed by atoms with Crippen molar-refractivity contribution in [2.24, 2.45) is 0 Å². The summed E-state index contributed by atoms with van der Waals surface area (Å²) in [6.07, 6.45) is 3.95. The molecule has 2 aromatic heterocycles. The number of aryl methyl sites for hydroxylation is 1. The lowest BCUT2D eigenvalue weighted by atomic mass is 10.2. The molecule has 26 heavy (non-hydrogen) atoms. The standard InChI is InChI=1S/C19H20N4O2S/c1-12-15-17(23-9-3-4-10-23)20-11-21-19(15)26-16(12)18(24)22-13-5-7-14(25-2)8-6-13/h5-8,11H,3-4,9-10H2,1-2H3,(H,22,24). The fraction of sp³-hybridized carbons (Fsp3) is 0.316. The predicted molar refractivity (Wildman–Crippen MR) is 105 cm³/mol. The minimum absolute atomic E-state index is 0.122. The smallest absolute Gasteiger partial charge is 0.266 e. The molecular weight excluding hydrogens is 348 g/mol. The van der Waals surface area contributed by atoms with Crippen LogP contribution in [0.15, 0.2) is 30.6 Å². The summed E-state index contributed by atoms with van der Waals surface area (Å²) in [5, 5.41) is 3.95. The van der Waals surface area contributed by atoms with Gasteiger partial charge in [0, 0.05) is 18.8 Å². The summed E-state index contributed by atoms with van der Waals surface area (Å²) in [6.45, 7) is 3.99. The van der Waals surface area contributed by atoms with Gasteiger partial charge in [-0.1, -0.05) is 0 Å². The number of amides is 1. The van der Waals surface area contributed by atoms with Crippen molar-refractivity contribution >= 4 is 39.0 Å². The first-order valence-electron chi connectivity index (χ1n) is 8.62. The third-order valence-electron chi connectivity index (χ3n) is 4.67. The molecule has 1 aliphatic heterocycles.